The van der Waals surface area contributed by atoms with Gasteiger partial charge in [-0.05, 0) is 18.2 Å². The molecule has 0 bridgehead atoms. The van der Waals surface area contributed by atoms with Crippen LogP contribution in [0.3, 0.4) is 0 Å². The van der Waals surface area contributed by atoms with Crippen molar-refractivity contribution in [2.75, 3.05) is 7.11 Å². The van der Waals surface area contributed by atoms with Crippen LogP contribution in [0.5, 0.6) is 5.75 Å². The van der Waals surface area contributed by atoms with Crippen molar-refractivity contribution in [2.45, 2.75) is 19.5 Å². The number of hydrogen-bond acceptors (Lipinski definition) is 12. The molecule has 17 nitrogen and oxygen atoms in total. The Morgan fingerprint density at radius 2 is 1.32 bits per heavy atom. The van der Waals surface area contributed by atoms with Crippen LogP contribution in [0.25, 0.3) is 66.4 Å². The van der Waals surface area contributed by atoms with Crippen molar-refractivity contribution in [3.63, 3.8) is 0 Å². The second-order valence-corrected chi connectivity index (χ2v) is 14.8. The molecule has 7 heterocycles. The molecule has 324 valence electrons. The maximum absolute atomic E-state index is 13.5. The van der Waals surface area contributed by atoms with Crippen LogP contribution < -0.4 is 27.2 Å². The number of rotatable bonds is 12. The monoisotopic (exact) mass is 908 g/mol. The number of fused-ring (bicyclic) bond motifs is 4. The highest BCUT2D eigenvalue weighted by molar-refractivity contribution is 6.37. The summed E-state index contributed by atoms with van der Waals surface area (Å²) in [4.78, 5) is 62.2. The van der Waals surface area contributed by atoms with Gasteiger partial charge in [0.2, 0.25) is 11.2 Å². The van der Waals surface area contributed by atoms with E-state index in [4.69, 9.17) is 42.0 Å². The first-order valence-electron chi connectivity index (χ1n) is 19.2. The topological polar surface area (TPSA) is 215 Å². The van der Waals surface area contributed by atoms with Gasteiger partial charge in [0, 0.05) is 75.5 Å². The molecule has 7 aromatic heterocycles. The number of methoxy groups -OCH3 is 1. The number of aromatic nitrogens is 8. The van der Waals surface area contributed by atoms with E-state index in [9.17, 15) is 24.4 Å². The van der Waals surface area contributed by atoms with Gasteiger partial charge >= 0.3 is 22.5 Å². The van der Waals surface area contributed by atoms with Crippen molar-refractivity contribution < 1.29 is 13.6 Å². The number of hydrogen-bond donors (Lipinski definition) is 0. The lowest BCUT2D eigenvalue weighted by atomic mass is 10.1. The largest absolute Gasteiger partial charge is 0.497 e. The van der Waals surface area contributed by atoms with E-state index < -0.39 is 22.5 Å². The van der Waals surface area contributed by atoms with Crippen molar-refractivity contribution in [2.24, 2.45) is 7.05 Å². The summed E-state index contributed by atoms with van der Waals surface area (Å²) in [6.45, 7) is 14.4. The Morgan fingerprint density at radius 1 is 0.769 bits per heavy atom. The van der Waals surface area contributed by atoms with E-state index in [0.29, 0.717) is 38.6 Å². The smallest absolute Gasteiger partial charge is 0.337 e. The van der Waals surface area contributed by atoms with Crippen molar-refractivity contribution in [1.82, 2.24) is 38.0 Å². The maximum atomic E-state index is 13.5. The fraction of sp³-hybridized carbons (Fsp3) is 0.109. The standard InChI is InChI=1S/C24H17ClN4O4.C22H17ClN6O3/c1-4-5-17(14(2)25)21-11-19-22(33-21)23(30)29(24(31)28(19)9-8-26)20-13-27-12-15-6-7-16(32-3)10-18(15)20;1-4-6-15(13(2)23)18-9-16-20(32-18)21(30)29(22(31)28(16)8-5-7-24)17-12-25-10-14-11-26-27(3)19(14)17/h4-7,10-13H,1-2,9H2,3H3;4,6,9-12H,1-2,5,8H2,3H3/b17-5+;15-6+. The van der Waals surface area contributed by atoms with Crippen molar-refractivity contribution >= 4 is 78.2 Å². The van der Waals surface area contributed by atoms with Gasteiger partial charge in [0.1, 0.15) is 23.8 Å². The minimum atomic E-state index is -0.711. The van der Waals surface area contributed by atoms with Gasteiger partial charge in [-0.3, -0.25) is 33.4 Å². The molecule has 1 aromatic carbocycles. The number of allylic oxidation sites excluding steroid dienone is 8. The molecule has 0 radical (unpaired) electrons. The van der Waals surface area contributed by atoms with Crippen LogP contribution in [-0.4, -0.2) is 45.1 Å². The molecular formula is C46H34Cl2N10O7. The van der Waals surface area contributed by atoms with E-state index in [2.05, 4.69) is 41.4 Å². The SMILES string of the molecule is C=C/C=C(\C(=C)Cl)c1cc2c(o1)c(=O)n(-c1cncc3ccc(OC)cc13)c(=O)n2CC#N.C=C/C=C(\C(=C)Cl)c1cc2c(o1)c(=O)n(-c1cncc3cnn(C)c13)c(=O)n2CCC#N. The number of ether oxygens (including phenoxy) is 1. The van der Waals surface area contributed by atoms with Crippen LogP contribution in [0, 0.1) is 22.7 Å². The third kappa shape index (κ3) is 8.04. The molecule has 0 saturated carbocycles. The Balaban J connectivity index is 0.000000194. The summed E-state index contributed by atoms with van der Waals surface area (Å²) in [5.74, 6) is 1.00. The molecule has 0 atom stereocenters. The number of nitriles is 2. The zero-order chi connectivity index (χ0) is 46.7. The van der Waals surface area contributed by atoms with Gasteiger partial charge in [0.05, 0.1) is 72.2 Å². The normalized spacial score (nSPS) is 11.6. The van der Waals surface area contributed by atoms with E-state index in [1.54, 1.807) is 60.7 Å². The molecule has 19 heteroatoms. The van der Waals surface area contributed by atoms with E-state index in [1.165, 1.54) is 48.4 Å². The molecule has 0 aliphatic rings. The molecular weight excluding hydrogens is 875 g/mol. The lowest BCUT2D eigenvalue weighted by molar-refractivity contribution is 0.415. The minimum Gasteiger partial charge on any atom is -0.497 e. The molecule has 0 aliphatic heterocycles. The van der Waals surface area contributed by atoms with Crippen molar-refractivity contribution in [3.8, 4) is 29.3 Å². The van der Waals surface area contributed by atoms with Crippen LogP contribution in [0.4, 0.5) is 0 Å². The Kier molecular flexibility index (Phi) is 12.6. The zero-order valence-electron chi connectivity index (χ0n) is 34.6. The Bertz CT molecular complexity index is 3710. The molecule has 8 aromatic rings. The molecule has 0 spiro atoms. The molecule has 8 rings (SSSR count). The molecule has 0 aliphatic carbocycles. The van der Waals surface area contributed by atoms with Crippen LogP contribution >= 0.6 is 23.2 Å². The van der Waals surface area contributed by atoms with Gasteiger partial charge in [0.25, 0.3) is 0 Å². The van der Waals surface area contributed by atoms with E-state index in [1.807, 2.05) is 12.1 Å². The summed E-state index contributed by atoms with van der Waals surface area (Å²) < 4.78 is 22.9. The second-order valence-electron chi connectivity index (χ2n) is 13.9. The first-order chi connectivity index (χ1) is 31.3. The fourth-order valence-electron chi connectivity index (χ4n) is 7.14. The van der Waals surface area contributed by atoms with Crippen LogP contribution in [0.15, 0.2) is 150 Å². The summed E-state index contributed by atoms with van der Waals surface area (Å²) in [6.07, 6.45) is 13.8. The van der Waals surface area contributed by atoms with E-state index in [-0.39, 0.29) is 74.7 Å². The molecule has 0 unspecified atom stereocenters. The average molecular weight is 910 g/mol. The maximum Gasteiger partial charge on any atom is 0.337 e. The van der Waals surface area contributed by atoms with E-state index >= 15 is 0 Å². The van der Waals surface area contributed by atoms with Gasteiger partial charge in [-0.2, -0.15) is 15.6 Å². The molecule has 0 saturated heterocycles. The van der Waals surface area contributed by atoms with Crippen LogP contribution in [0.2, 0.25) is 0 Å². The first-order valence-corrected chi connectivity index (χ1v) is 19.9. The van der Waals surface area contributed by atoms with Gasteiger partial charge < -0.3 is 13.6 Å². The predicted molar refractivity (Wildman–Crippen MR) is 248 cm³/mol. The van der Waals surface area contributed by atoms with Crippen LogP contribution in [-0.2, 0) is 20.1 Å². The quantitative estimate of drug-likeness (QED) is 0.110. The van der Waals surface area contributed by atoms with Gasteiger partial charge in [-0.1, -0.05) is 73.8 Å². The van der Waals surface area contributed by atoms with Crippen molar-refractivity contribution in [3.05, 3.63) is 175 Å². The van der Waals surface area contributed by atoms with Gasteiger partial charge in [0.15, 0.2) is 0 Å². The van der Waals surface area contributed by atoms with Gasteiger partial charge in [-0.15, -0.1) is 0 Å². The Labute approximate surface area is 377 Å². The summed E-state index contributed by atoms with van der Waals surface area (Å²) in [5, 5.41) is 24.9. The first kappa shape index (κ1) is 44.5. The number of halogens is 2. The molecule has 65 heavy (non-hydrogen) atoms. The summed E-state index contributed by atoms with van der Waals surface area (Å²) in [5.41, 5.74) is -0.629. The third-order valence-corrected chi connectivity index (χ3v) is 10.5. The van der Waals surface area contributed by atoms with E-state index in [0.717, 1.165) is 13.7 Å². The summed E-state index contributed by atoms with van der Waals surface area (Å²) >= 11 is 12.2. The summed E-state index contributed by atoms with van der Waals surface area (Å²) in [6, 6.07) is 12.2. The number of aryl methyl sites for hydroxylation is 2. The van der Waals surface area contributed by atoms with Gasteiger partial charge in [-0.25, -0.2) is 18.7 Å². The minimum absolute atomic E-state index is 0.0550. The van der Waals surface area contributed by atoms with Crippen LogP contribution in [0.1, 0.15) is 17.9 Å². The number of benzene rings is 1. The predicted octanol–water partition coefficient (Wildman–Crippen LogP) is 7.41. The molecule has 0 fully saturated rings. The fourth-order valence-corrected chi connectivity index (χ4v) is 7.46. The van der Waals surface area contributed by atoms with Crippen molar-refractivity contribution in [1.29, 1.82) is 10.5 Å². The second kappa shape index (κ2) is 18.5. The number of nitrogens with zero attached hydrogens (tertiary/aromatic N) is 10. The highest BCUT2D eigenvalue weighted by Gasteiger charge is 2.24. The Hall–Kier alpha value is -8.51. The zero-order valence-corrected chi connectivity index (χ0v) is 36.1. The average Bonchev–Trinajstić information content (AvgIpc) is 4.04. The lowest BCUT2D eigenvalue weighted by Gasteiger charge is -2.11. The number of pyridine rings is 2. The highest BCUT2D eigenvalue weighted by Crippen LogP contribution is 2.31. The third-order valence-electron chi connectivity index (χ3n) is 10.1. The molecule has 0 N–H and O–H groups in total. The molecule has 0 amide bonds. The Morgan fingerprint density at radius 3 is 1.88 bits per heavy atom. The number of furan rings is 2. The summed E-state index contributed by atoms with van der Waals surface area (Å²) in [7, 11) is 3.22. The lowest BCUT2D eigenvalue weighted by Crippen LogP contribution is -2.39. The highest BCUT2D eigenvalue weighted by atomic mass is 35.5.